The summed E-state index contributed by atoms with van der Waals surface area (Å²) in [5.74, 6) is 0.366. The van der Waals surface area contributed by atoms with Crippen LogP contribution in [0.5, 0.6) is 5.88 Å². The van der Waals surface area contributed by atoms with Crippen molar-refractivity contribution in [3.8, 4) is 11.9 Å². The van der Waals surface area contributed by atoms with Crippen molar-refractivity contribution in [2.45, 2.75) is 6.61 Å². The Balaban J connectivity index is 2.13. The number of hydrogen-bond donors (Lipinski definition) is 0. The summed E-state index contributed by atoms with van der Waals surface area (Å²) < 4.78 is 6.51. The fourth-order valence-corrected chi connectivity index (χ4v) is 1.75. The summed E-state index contributed by atoms with van der Waals surface area (Å²) in [6.07, 6.45) is 1.61. The van der Waals surface area contributed by atoms with E-state index in [0.29, 0.717) is 18.1 Å². The third kappa shape index (κ3) is 2.83. The first-order valence-electron chi connectivity index (χ1n) is 5.02. The molecule has 0 aliphatic rings. The summed E-state index contributed by atoms with van der Waals surface area (Å²) in [4.78, 5) is 4.03. The van der Waals surface area contributed by atoms with Crippen molar-refractivity contribution < 1.29 is 4.74 Å². The smallest absolute Gasteiger partial charge is 0.231 e. The molecule has 2 rings (SSSR count). The highest BCUT2D eigenvalue weighted by molar-refractivity contribution is 9.10. The molecule has 0 radical (unpaired) electrons. The number of nitriles is 1. The van der Waals surface area contributed by atoms with Crippen LogP contribution >= 0.6 is 15.9 Å². The standard InChI is InChI=1S/C13H9BrN2O/c14-12-6-2-1-4-11(12)9-17-13-10(8-15)5-3-7-16-13/h1-7H,9H2. The summed E-state index contributed by atoms with van der Waals surface area (Å²) >= 11 is 3.44. The van der Waals surface area contributed by atoms with Crippen molar-refractivity contribution in [1.82, 2.24) is 4.98 Å². The summed E-state index contributed by atoms with van der Waals surface area (Å²) in [7, 11) is 0. The molecule has 4 heteroatoms. The summed E-state index contributed by atoms with van der Waals surface area (Å²) in [6.45, 7) is 0.382. The molecule has 3 nitrogen and oxygen atoms in total. The van der Waals surface area contributed by atoms with E-state index in [2.05, 4.69) is 20.9 Å². The Bertz CT molecular complexity index is 563. The number of benzene rings is 1. The number of halogens is 1. The highest BCUT2D eigenvalue weighted by atomic mass is 79.9. The van der Waals surface area contributed by atoms with Crippen molar-refractivity contribution in [1.29, 1.82) is 5.26 Å². The van der Waals surface area contributed by atoms with Gasteiger partial charge in [-0.2, -0.15) is 5.26 Å². The van der Waals surface area contributed by atoms with Crippen LogP contribution in [0.2, 0.25) is 0 Å². The number of pyridine rings is 1. The maximum Gasteiger partial charge on any atom is 0.231 e. The lowest BCUT2D eigenvalue weighted by molar-refractivity contribution is 0.292. The zero-order chi connectivity index (χ0) is 12.1. The summed E-state index contributed by atoms with van der Waals surface area (Å²) in [5, 5.41) is 8.89. The van der Waals surface area contributed by atoms with Crippen molar-refractivity contribution in [2.75, 3.05) is 0 Å². The van der Waals surface area contributed by atoms with Gasteiger partial charge in [-0.15, -0.1) is 0 Å². The molecule has 0 aliphatic carbocycles. The van der Waals surface area contributed by atoms with Gasteiger partial charge in [-0.25, -0.2) is 4.98 Å². The number of hydrogen-bond acceptors (Lipinski definition) is 3. The van der Waals surface area contributed by atoms with Crippen molar-refractivity contribution in [2.24, 2.45) is 0 Å². The summed E-state index contributed by atoms with van der Waals surface area (Å²) in [5.41, 5.74) is 1.46. The third-order valence-corrected chi connectivity index (χ3v) is 2.99. The van der Waals surface area contributed by atoms with Crippen LogP contribution in [0.1, 0.15) is 11.1 Å². The van der Waals surface area contributed by atoms with E-state index in [1.807, 2.05) is 30.3 Å². The van der Waals surface area contributed by atoms with E-state index in [0.717, 1.165) is 10.0 Å². The molecule has 1 heterocycles. The van der Waals surface area contributed by atoms with Gasteiger partial charge in [0.15, 0.2) is 0 Å². The molecular formula is C13H9BrN2O. The monoisotopic (exact) mass is 288 g/mol. The van der Waals surface area contributed by atoms with Crippen LogP contribution in [0.25, 0.3) is 0 Å². The SMILES string of the molecule is N#Cc1cccnc1OCc1ccccc1Br. The maximum absolute atomic E-state index is 8.89. The molecule has 84 valence electrons. The minimum atomic E-state index is 0.366. The zero-order valence-corrected chi connectivity index (χ0v) is 10.5. The van der Waals surface area contributed by atoms with E-state index in [-0.39, 0.29) is 0 Å². The van der Waals surface area contributed by atoms with Gasteiger partial charge < -0.3 is 4.74 Å². The topological polar surface area (TPSA) is 45.9 Å². The Labute approximate surface area is 108 Å². The van der Waals surface area contributed by atoms with Crippen molar-refractivity contribution in [3.05, 3.63) is 58.2 Å². The second-order valence-electron chi connectivity index (χ2n) is 3.35. The van der Waals surface area contributed by atoms with Gasteiger partial charge in [0.2, 0.25) is 5.88 Å². The molecule has 17 heavy (non-hydrogen) atoms. The van der Waals surface area contributed by atoms with Gasteiger partial charge in [-0.3, -0.25) is 0 Å². The molecule has 1 aromatic carbocycles. The van der Waals surface area contributed by atoms with Crippen LogP contribution in [0, 0.1) is 11.3 Å². The van der Waals surface area contributed by atoms with E-state index in [4.69, 9.17) is 10.00 Å². The Hall–Kier alpha value is -1.86. The molecule has 0 N–H and O–H groups in total. The molecule has 1 aromatic heterocycles. The predicted octanol–water partition coefficient (Wildman–Crippen LogP) is 3.29. The molecule has 0 atom stereocenters. The fraction of sp³-hybridized carbons (Fsp3) is 0.0769. The third-order valence-electron chi connectivity index (χ3n) is 2.21. The number of ether oxygens (including phenoxy) is 1. The van der Waals surface area contributed by atoms with Gasteiger partial charge in [0.1, 0.15) is 18.2 Å². The van der Waals surface area contributed by atoms with Crippen molar-refractivity contribution >= 4 is 15.9 Å². The van der Waals surface area contributed by atoms with Gasteiger partial charge in [-0.1, -0.05) is 34.1 Å². The second-order valence-corrected chi connectivity index (χ2v) is 4.20. The highest BCUT2D eigenvalue weighted by Gasteiger charge is 2.05. The average molecular weight is 289 g/mol. The summed E-state index contributed by atoms with van der Waals surface area (Å²) in [6, 6.07) is 13.2. The highest BCUT2D eigenvalue weighted by Crippen LogP contribution is 2.19. The first-order chi connectivity index (χ1) is 8.31. The molecule has 0 fully saturated rings. The lowest BCUT2D eigenvalue weighted by Crippen LogP contribution is -1.99. The van der Waals surface area contributed by atoms with Crippen LogP contribution in [0.4, 0.5) is 0 Å². The maximum atomic E-state index is 8.89. The minimum absolute atomic E-state index is 0.366. The molecule has 0 saturated heterocycles. The van der Waals surface area contributed by atoms with Gasteiger partial charge in [0.05, 0.1) is 0 Å². The van der Waals surface area contributed by atoms with E-state index in [1.165, 1.54) is 0 Å². The van der Waals surface area contributed by atoms with Gasteiger partial charge >= 0.3 is 0 Å². The fourth-order valence-electron chi connectivity index (χ4n) is 1.35. The van der Waals surface area contributed by atoms with Gasteiger partial charge in [-0.05, 0) is 18.2 Å². The number of rotatable bonds is 3. The van der Waals surface area contributed by atoms with Gasteiger partial charge in [0.25, 0.3) is 0 Å². The minimum Gasteiger partial charge on any atom is -0.472 e. The van der Waals surface area contributed by atoms with Crippen LogP contribution in [-0.2, 0) is 6.61 Å². The quantitative estimate of drug-likeness (QED) is 0.871. The Morgan fingerprint density at radius 1 is 1.24 bits per heavy atom. The Morgan fingerprint density at radius 3 is 2.82 bits per heavy atom. The molecule has 0 unspecified atom stereocenters. The van der Waals surface area contributed by atoms with Crippen molar-refractivity contribution in [3.63, 3.8) is 0 Å². The van der Waals surface area contributed by atoms with E-state index >= 15 is 0 Å². The number of aromatic nitrogens is 1. The molecule has 2 aromatic rings. The van der Waals surface area contributed by atoms with Gasteiger partial charge in [0, 0.05) is 16.2 Å². The largest absolute Gasteiger partial charge is 0.472 e. The normalized spacial score (nSPS) is 9.65. The first-order valence-corrected chi connectivity index (χ1v) is 5.82. The second kappa shape index (κ2) is 5.46. The molecule has 0 amide bonds. The molecule has 0 aliphatic heterocycles. The zero-order valence-electron chi connectivity index (χ0n) is 8.93. The predicted molar refractivity (Wildman–Crippen MR) is 67.4 cm³/mol. The Morgan fingerprint density at radius 2 is 2.06 bits per heavy atom. The lowest BCUT2D eigenvalue weighted by atomic mass is 10.2. The first kappa shape index (κ1) is 11.6. The molecule has 0 bridgehead atoms. The lowest BCUT2D eigenvalue weighted by Gasteiger charge is -2.07. The molecule has 0 spiro atoms. The van der Waals surface area contributed by atoms with E-state index < -0.39 is 0 Å². The van der Waals surface area contributed by atoms with E-state index in [9.17, 15) is 0 Å². The van der Waals surface area contributed by atoms with Crippen LogP contribution in [0.3, 0.4) is 0 Å². The van der Waals surface area contributed by atoms with Crippen LogP contribution < -0.4 is 4.74 Å². The molecular weight excluding hydrogens is 280 g/mol. The molecule has 0 saturated carbocycles. The van der Waals surface area contributed by atoms with Crippen LogP contribution in [0.15, 0.2) is 47.1 Å². The average Bonchev–Trinajstić information content (AvgIpc) is 2.38. The Kier molecular flexibility index (Phi) is 3.73. The van der Waals surface area contributed by atoms with E-state index in [1.54, 1.807) is 18.3 Å². The van der Waals surface area contributed by atoms with Crippen LogP contribution in [-0.4, -0.2) is 4.98 Å². The number of nitrogens with zero attached hydrogens (tertiary/aromatic N) is 2.